The second kappa shape index (κ2) is 4.94. The molecule has 4 heteroatoms. The lowest BCUT2D eigenvalue weighted by molar-refractivity contribution is -0.122. The van der Waals surface area contributed by atoms with Crippen LogP contribution in [0.2, 0.25) is 0 Å². The summed E-state index contributed by atoms with van der Waals surface area (Å²) in [6, 6.07) is 0.667. The number of nitrogens with two attached hydrogens (primary N) is 1. The fourth-order valence-corrected chi connectivity index (χ4v) is 2.35. The fourth-order valence-electron chi connectivity index (χ4n) is 2.35. The van der Waals surface area contributed by atoms with Crippen LogP contribution in [0.4, 0.5) is 0 Å². The van der Waals surface area contributed by atoms with Gasteiger partial charge in [0.15, 0.2) is 0 Å². The van der Waals surface area contributed by atoms with Crippen molar-refractivity contribution in [1.82, 2.24) is 10.2 Å². The SMILES string of the molecule is NC1CC(NC(=O)CCN2CCCC2)C1. The Balaban J connectivity index is 1.56. The van der Waals surface area contributed by atoms with Crippen LogP contribution in [-0.4, -0.2) is 42.5 Å². The van der Waals surface area contributed by atoms with E-state index in [1.54, 1.807) is 0 Å². The number of nitrogens with one attached hydrogen (secondary N) is 1. The normalized spacial score (nSPS) is 31.3. The Kier molecular flexibility index (Phi) is 3.59. The van der Waals surface area contributed by atoms with E-state index in [1.807, 2.05) is 0 Å². The highest BCUT2D eigenvalue weighted by molar-refractivity contribution is 5.76. The van der Waals surface area contributed by atoms with Crippen LogP contribution in [0.3, 0.4) is 0 Å². The molecule has 2 rings (SSSR count). The lowest BCUT2D eigenvalue weighted by Gasteiger charge is -2.33. The van der Waals surface area contributed by atoms with Gasteiger partial charge in [0.25, 0.3) is 0 Å². The minimum Gasteiger partial charge on any atom is -0.353 e. The van der Waals surface area contributed by atoms with Crippen LogP contribution in [0.25, 0.3) is 0 Å². The average Bonchev–Trinajstić information content (AvgIpc) is 2.65. The van der Waals surface area contributed by atoms with Gasteiger partial charge in [-0.15, -0.1) is 0 Å². The molecule has 0 unspecified atom stereocenters. The maximum Gasteiger partial charge on any atom is 0.221 e. The summed E-state index contributed by atoms with van der Waals surface area (Å²) in [6.45, 7) is 3.26. The van der Waals surface area contributed by atoms with Gasteiger partial charge in [-0.2, -0.15) is 0 Å². The van der Waals surface area contributed by atoms with Crippen LogP contribution >= 0.6 is 0 Å². The number of hydrogen-bond acceptors (Lipinski definition) is 3. The number of amides is 1. The molecule has 86 valence electrons. The Hall–Kier alpha value is -0.610. The Morgan fingerprint density at radius 2 is 2.00 bits per heavy atom. The summed E-state index contributed by atoms with van der Waals surface area (Å²) in [5.74, 6) is 0.193. The number of hydrogen-bond donors (Lipinski definition) is 2. The third-order valence-corrected chi connectivity index (χ3v) is 3.39. The fraction of sp³-hybridized carbons (Fsp3) is 0.909. The molecular weight excluding hydrogens is 190 g/mol. The standard InChI is InChI=1S/C11H21N3O/c12-9-7-10(8-9)13-11(15)3-6-14-4-1-2-5-14/h9-10H,1-8,12H2,(H,13,15). The monoisotopic (exact) mass is 211 g/mol. The molecule has 3 N–H and O–H groups in total. The van der Waals surface area contributed by atoms with Gasteiger partial charge in [-0.25, -0.2) is 0 Å². The Bertz CT molecular complexity index is 220. The van der Waals surface area contributed by atoms with Gasteiger partial charge in [-0.05, 0) is 38.8 Å². The average molecular weight is 211 g/mol. The van der Waals surface area contributed by atoms with Crippen molar-refractivity contribution in [2.75, 3.05) is 19.6 Å². The van der Waals surface area contributed by atoms with Crippen LogP contribution < -0.4 is 11.1 Å². The van der Waals surface area contributed by atoms with Gasteiger partial charge in [-0.3, -0.25) is 4.79 Å². The van der Waals surface area contributed by atoms with Crippen LogP contribution in [0.5, 0.6) is 0 Å². The van der Waals surface area contributed by atoms with E-state index in [0.29, 0.717) is 18.5 Å². The molecule has 2 aliphatic rings. The maximum atomic E-state index is 11.5. The van der Waals surface area contributed by atoms with Gasteiger partial charge in [0.2, 0.25) is 5.91 Å². The van der Waals surface area contributed by atoms with E-state index < -0.39 is 0 Å². The summed E-state index contributed by atoms with van der Waals surface area (Å²) in [5, 5.41) is 3.03. The molecule has 0 aromatic rings. The maximum absolute atomic E-state index is 11.5. The molecule has 1 saturated heterocycles. The highest BCUT2D eigenvalue weighted by Gasteiger charge is 2.27. The zero-order valence-corrected chi connectivity index (χ0v) is 9.24. The van der Waals surface area contributed by atoms with Crippen LogP contribution in [0, 0.1) is 0 Å². The summed E-state index contributed by atoms with van der Waals surface area (Å²) in [7, 11) is 0. The second-order valence-corrected chi connectivity index (χ2v) is 4.79. The largest absolute Gasteiger partial charge is 0.353 e. The van der Waals surface area contributed by atoms with Crippen LogP contribution in [0.15, 0.2) is 0 Å². The topological polar surface area (TPSA) is 58.4 Å². The van der Waals surface area contributed by atoms with Gasteiger partial charge in [-0.1, -0.05) is 0 Å². The van der Waals surface area contributed by atoms with Crippen molar-refractivity contribution < 1.29 is 4.79 Å². The van der Waals surface area contributed by atoms with E-state index in [4.69, 9.17) is 5.73 Å². The summed E-state index contributed by atoms with van der Waals surface area (Å²) < 4.78 is 0. The van der Waals surface area contributed by atoms with Gasteiger partial charge in [0.05, 0.1) is 0 Å². The molecule has 0 aromatic carbocycles. The van der Waals surface area contributed by atoms with Gasteiger partial charge in [0, 0.05) is 25.0 Å². The van der Waals surface area contributed by atoms with Crippen molar-refractivity contribution in [3.05, 3.63) is 0 Å². The van der Waals surface area contributed by atoms with E-state index in [1.165, 1.54) is 25.9 Å². The lowest BCUT2D eigenvalue weighted by atomic mass is 9.87. The summed E-state index contributed by atoms with van der Waals surface area (Å²) in [4.78, 5) is 13.9. The van der Waals surface area contributed by atoms with Crippen molar-refractivity contribution in [2.24, 2.45) is 5.73 Å². The Morgan fingerprint density at radius 3 is 2.60 bits per heavy atom. The molecule has 15 heavy (non-hydrogen) atoms. The van der Waals surface area contributed by atoms with Gasteiger partial charge >= 0.3 is 0 Å². The van der Waals surface area contributed by atoms with E-state index in [0.717, 1.165) is 19.4 Å². The van der Waals surface area contributed by atoms with E-state index >= 15 is 0 Å². The first kappa shape index (κ1) is 10.9. The number of carbonyl (C=O) groups is 1. The van der Waals surface area contributed by atoms with Crippen molar-refractivity contribution in [3.8, 4) is 0 Å². The zero-order valence-electron chi connectivity index (χ0n) is 9.24. The number of nitrogens with zero attached hydrogens (tertiary/aromatic N) is 1. The second-order valence-electron chi connectivity index (χ2n) is 4.79. The highest BCUT2D eigenvalue weighted by Crippen LogP contribution is 2.17. The Labute approximate surface area is 91.2 Å². The molecule has 1 heterocycles. The molecule has 0 aromatic heterocycles. The number of carbonyl (C=O) groups excluding carboxylic acids is 1. The smallest absolute Gasteiger partial charge is 0.221 e. The lowest BCUT2D eigenvalue weighted by Crippen LogP contribution is -2.50. The van der Waals surface area contributed by atoms with Gasteiger partial charge < -0.3 is 16.0 Å². The molecule has 0 spiro atoms. The first-order valence-electron chi connectivity index (χ1n) is 6.01. The van der Waals surface area contributed by atoms with Crippen LogP contribution in [-0.2, 0) is 4.79 Å². The quantitative estimate of drug-likeness (QED) is 0.692. The first-order chi connectivity index (χ1) is 7.24. The predicted octanol–water partition coefficient (Wildman–Crippen LogP) is 0.0782. The zero-order chi connectivity index (χ0) is 10.7. The molecule has 0 bridgehead atoms. The number of likely N-dealkylation sites (tertiary alicyclic amines) is 1. The van der Waals surface area contributed by atoms with Crippen molar-refractivity contribution in [1.29, 1.82) is 0 Å². The van der Waals surface area contributed by atoms with Gasteiger partial charge in [0.1, 0.15) is 0 Å². The van der Waals surface area contributed by atoms with E-state index in [-0.39, 0.29) is 5.91 Å². The molecule has 1 aliphatic carbocycles. The molecule has 4 nitrogen and oxygen atoms in total. The third kappa shape index (κ3) is 3.18. The molecule has 0 atom stereocenters. The highest BCUT2D eigenvalue weighted by atomic mass is 16.1. The first-order valence-corrected chi connectivity index (χ1v) is 6.01. The van der Waals surface area contributed by atoms with Crippen molar-refractivity contribution in [3.63, 3.8) is 0 Å². The van der Waals surface area contributed by atoms with E-state index in [9.17, 15) is 4.79 Å². The summed E-state index contributed by atoms with van der Waals surface area (Å²) >= 11 is 0. The van der Waals surface area contributed by atoms with Crippen LogP contribution in [0.1, 0.15) is 32.1 Å². The molecule has 1 aliphatic heterocycles. The Morgan fingerprint density at radius 1 is 1.33 bits per heavy atom. The van der Waals surface area contributed by atoms with Crippen molar-refractivity contribution in [2.45, 2.75) is 44.2 Å². The number of rotatable bonds is 4. The predicted molar refractivity (Wildman–Crippen MR) is 59.4 cm³/mol. The third-order valence-electron chi connectivity index (χ3n) is 3.39. The van der Waals surface area contributed by atoms with Crippen molar-refractivity contribution >= 4 is 5.91 Å². The molecular formula is C11H21N3O. The minimum absolute atomic E-state index is 0.193. The van der Waals surface area contributed by atoms with E-state index in [2.05, 4.69) is 10.2 Å². The molecule has 2 fully saturated rings. The minimum atomic E-state index is 0.193. The summed E-state index contributed by atoms with van der Waals surface area (Å²) in [5.41, 5.74) is 5.66. The molecule has 0 radical (unpaired) electrons. The summed E-state index contributed by atoms with van der Waals surface area (Å²) in [6.07, 6.45) is 5.13. The molecule has 1 amide bonds. The molecule has 1 saturated carbocycles.